The molecule has 0 aromatic carbocycles. The van der Waals surface area contributed by atoms with Crippen LogP contribution in [0.1, 0.15) is 19.3 Å². The molecule has 0 spiro atoms. The third kappa shape index (κ3) is 8.37. The number of hydrogen-bond acceptors (Lipinski definition) is 5. The van der Waals surface area contributed by atoms with Crippen LogP contribution in [0.4, 0.5) is 0 Å². The number of ether oxygens (including phenoxy) is 1. The first-order chi connectivity index (χ1) is 7.57. The topological polar surface area (TPSA) is 105 Å². The van der Waals surface area contributed by atoms with E-state index in [2.05, 4.69) is 11.9 Å². The van der Waals surface area contributed by atoms with Crippen LogP contribution >= 0.6 is 0 Å². The molecule has 0 saturated carbocycles. The van der Waals surface area contributed by atoms with Crippen molar-refractivity contribution in [1.82, 2.24) is 5.32 Å². The van der Waals surface area contributed by atoms with Crippen LogP contribution in [0.15, 0.2) is 12.7 Å². The molecule has 0 aromatic rings. The molecule has 2 atom stereocenters. The molecule has 6 nitrogen and oxygen atoms in total. The minimum Gasteiger partial charge on any atom is -0.480 e. The molecular formula is C10H20N2O4. The molecule has 0 aromatic heterocycles. The predicted molar refractivity (Wildman–Crippen MR) is 59.6 cm³/mol. The summed E-state index contributed by atoms with van der Waals surface area (Å²) in [6, 6.07) is -0.804. The molecular weight excluding hydrogens is 212 g/mol. The van der Waals surface area contributed by atoms with Crippen molar-refractivity contribution in [1.29, 1.82) is 0 Å². The number of aliphatic hydroxyl groups excluding tert-OH is 1. The SMILES string of the molecule is C=CCOC(O)NCCCC[C@H](N)C(=O)O. The fraction of sp³-hybridized carbons (Fsp3) is 0.700. The average molecular weight is 232 g/mol. The first-order valence-electron chi connectivity index (χ1n) is 5.20. The molecule has 0 aliphatic heterocycles. The summed E-state index contributed by atoms with van der Waals surface area (Å²) in [6.45, 7) is 4.27. The quantitative estimate of drug-likeness (QED) is 0.233. The molecule has 0 bridgehead atoms. The number of nitrogens with two attached hydrogens (primary N) is 1. The molecule has 5 N–H and O–H groups in total. The van der Waals surface area contributed by atoms with E-state index < -0.39 is 18.4 Å². The summed E-state index contributed by atoms with van der Waals surface area (Å²) in [7, 11) is 0. The largest absolute Gasteiger partial charge is 0.480 e. The summed E-state index contributed by atoms with van der Waals surface area (Å²) in [4.78, 5) is 10.4. The number of rotatable bonds is 10. The van der Waals surface area contributed by atoms with Crippen LogP contribution in [0.3, 0.4) is 0 Å². The summed E-state index contributed by atoms with van der Waals surface area (Å²) in [6.07, 6.45) is 2.38. The minimum absolute atomic E-state index is 0.276. The van der Waals surface area contributed by atoms with Gasteiger partial charge in [0.25, 0.3) is 0 Å². The van der Waals surface area contributed by atoms with Gasteiger partial charge in [0.05, 0.1) is 6.61 Å². The summed E-state index contributed by atoms with van der Waals surface area (Å²) in [5, 5.41) is 20.4. The van der Waals surface area contributed by atoms with Crippen LogP contribution in [-0.2, 0) is 9.53 Å². The Morgan fingerprint density at radius 3 is 2.81 bits per heavy atom. The van der Waals surface area contributed by atoms with Gasteiger partial charge in [0.2, 0.25) is 6.41 Å². The first-order valence-corrected chi connectivity index (χ1v) is 5.20. The summed E-state index contributed by atoms with van der Waals surface area (Å²) >= 11 is 0. The normalized spacial score (nSPS) is 14.4. The highest BCUT2D eigenvalue weighted by atomic mass is 16.6. The highest BCUT2D eigenvalue weighted by Gasteiger charge is 2.10. The lowest BCUT2D eigenvalue weighted by Crippen LogP contribution is -2.33. The number of aliphatic carboxylic acids is 1. The fourth-order valence-electron chi connectivity index (χ4n) is 1.06. The Morgan fingerprint density at radius 1 is 1.56 bits per heavy atom. The standard InChI is InChI=1S/C10H20N2O4/c1-2-7-16-10(15)12-6-4-3-5-8(11)9(13)14/h2,8,10,12,15H,1,3-7,11H2,(H,13,14)/t8-,10?/m0/s1. The Hall–Kier alpha value is -0.950. The van der Waals surface area contributed by atoms with E-state index >= 15 is 0 Å². The monoisotopic (exact) mass is 232 g/mol. The molecule has 94 valence electrons. The van der Waals surface area contributed by atoms with Crippen molar-refractivity contribution in [3.05, 3.63) is 12.7 Å². The molecule has 0 aliphatic carbocycles. The van der Waals surface area contributed by atoms with Crippen LogP contribution < -0.4 is 11.1 Å². The number of nitrogens with one attached hydrogen (secondary N) is 1. The van der Waals surface area contributed by atoms with E-state index in [-0.39, 0.29) is 6.61 Å². The zero-order valence-corrected chi connectivity index (χ0v) is 9.26. The molecule has 1 unspecified atom stereocenters. The second-order valence-electron chi connectivity index (χ2n) is 3.37. The van der Waals surface area contributed by atoms with Crippen molar-refractivity contribution in [2.45, 2.75) is 31.7 Å². The van der Waals surface area contributed by atoms with Crippen molar-refractivity contribution in [2.75, 3.05) is 13.2 Å². The fourth-order valence-corrected chi connectivity index (χ4v) is 1.06. The zero-order valence-electron chi connectivity index (χ0n) is 9.26. The van der Waals surface area contributed by atoms with Gasteiger partial charge >= 0.3 is 5.97 Å². The Labute approximate surface area is 95.1 Å². The first kappa shape index (κ1) is 15.0. The van der Waals surface area contributed by atoms with E-state index in [9.17, 15) is 9.90 Å². The van der Waals surface area contributed by atoms with Crippen molar-refractivity contribution >= 4 is 5.97 Å². The molecule has 6 heteroatoms. The van der Waals surface area contributed by atoms with Crippen molar-refractivity contribution in [3.63, 3.8) is 0 Å². The van der Waals surface area contributed by atoms with Gasteiger partial charge in [0, 0.05) is 0 Å². The van der Waals surface area contributed by atoms with E-state index in [4.69, 9.17) is 15.6 Å². The smallest absolute Gasteiger partial charge is 0.320 e. The van der Waals surface area contributed by atoms with E-state index in [1.807, 2.05) is 0 Å². The number of carboxylic acids is 1. The molecule has 16 heavy (non-hydrogen) atoms. The van der Waals surface area contributed by atoms with Crippen LogP contribution in [0.25, 0.3) is 0 Å². The highest BCUT2D eigenvalue weighted by molar-refractivity contribution is 5.72. The van der Waals surface area contributed by atoms with Crippen LogP contribution in [0.2, 0.25) is 0 Å². The van der Waals surface area contributed by atoms with Crippen LogP contribution in [-0.4, -0.2) is 41.8 Å². The maximum absolute atomic E-state index is 10.4. The lowest BCUT2D eigenvalue weighted by molar-refractivity contribution is -0.138. The summed E-state index contributed by atoms with van der Waals surface area (Å²) < 4.78 is 4.86. The molecule has 0 fully saturated rings. The van der Waals surface area contributed by atoms with Gasteiger partial charge < -0.3 is 20.7 Å². The molecule has 0 amide bonds. The Bertz CT molecular complexity index is 211. The number of unbranched alkanes of at least 4 members (excludes halogenated alkanes) is 1. The second-order valence-corrected chi connectivity index (χ2v) is 3.37. The lowest BCUT2D eigenvalue weighted by atomic mass is 10.1. The van der Waals surface area contributed by atoms with Gasteiger partial charge in [0.1, 0.15) is 6.04 Å². The van der Waals surface area contributed by atoms with Crippen LogP contribution in [0, 0.1) is 0 Å². The number of aliphatic hydroxyl groups is 1. The number of carboxylic acid groups (broad SMARTS) is 1. The van der Waals surface area contributed by atoms with Gasteiger partial charge in [-0.25, -0.2) is 0 Å². The third-order valence-electron chi connectivity index (χ3n) is 1.95. The Balaban J connectivity index is 3.32. The van der Waals surface area contributed by atoms with E-state index in [1.165, 1.54) is 6.08 Å². The number of carbonyl (C=O) groups is 1. The third-order valence-corrected chi connectivity index (χ3v) is 1.95. The second kappa shape index (κ2) is 9.29. The van der Waals surface area contributed by atoms with Crippen molar-refractivity contribution in [2.24, 2.45) is 5.73 Å². The maximum Gasteiger partial charge on any atom is 0.320 e. The predicted octanol–water partition coefficient (Wildman–Crippen LogP) is -0.363. The van der Waals surface area contributed by atoms with Gasteiger partial charge in [-0.05, 0) is 19.4 Å². The van der Waals surface area contributed by atoms with Gasteiger partial charge in [0.15, 0.2) is 0 Å². The highest BCUT2D eigenvalue weighted by Crippen LogP contribution is 1.98. The molecule has 0 heterocycles. The average Bonchev–Trinajstić information content (AvgIpc) is 2.25. The van der Waals surface area contributed by atoms with Crippen molar-refractivity contribution < 1.29 is 19.7 Å². The molecule has 0 saturated heterocycles. The summed E-state index contributed by atoms with van der Waals surface area (Å²) in [5.41, 5.74) is 5.32. The summed E-state index contributed by atoms with van der Waals surface area (Å²) in [5.74, 6) is -0.984. The Morgan fingerprint density at radius 2 is 2.25 bits per heavy atom. The number of hydrogen-bond donors (Lipinski definition) is 4. The van der Waals surface area contributed by atoms with E-state index in [0.717, 1.165) is 6.42 Å². The Kier molecular flexibility index (Phi) is 8.74. The molecule has 0 aliphatic rings. The van der Waals surface area contributed by atoms with Gasteiger partial charge in [-0.2, -0.15) is 0 Å². The van der Waals surface area contributed by atoms with Crippen molar-refractivity contribution in [3.8, 4) is 0 Å². The maximum atomic E-state index is 10.4. The minimum atomic E-state index is -1.01. The lowest BCUT2D eigenvalue weighted by Gasteiger charge is -2.12. The van der Waals surface area contributed by atoms with Crippen LogP contribution in [0.5, 0.6) is 0 Å². The molecule has 0 rings (SSSR count). The van der Waals surface area contributed by atoms with Gasteiger partial charge in [-0.15, -0.1) is 6.58 Å². The zero-order chi connectivity index (χ0) is 12.4. The molecule has 0 radical (unpaired) electrons. The van der Waals surface area contributed by atoms with Gasteiger partial charge in [-0.3, -0.25) is 10.1 Å². The van der Waals surface area contributed by atoms with Gasteiger partial charge in [-0.1, -0.05) is 12.5 Å². The van der Waals surface area contributed by atoms with E-state index in [1.54, 1.807) is 0 Å². The van der Waals surface area contributed by atoms with E-state index in [0.29, 0.717) is 19.4 Å².